The largest absolute Gasteiger partial charge is 0.491 e. The second kappa shape index (κ2) is 14.0. The van der Waals surface area contributed by atoms with E-state index in [-0.39, 0.29) is 19.7 Å². The van der Waals surface area contributed by atoms with Gasteiger partial charge in [-0.25, -0.2) is 0 Å². The first kappa shape index (κ1) is 21.3. The SMILES string of the molecule is CC(C)NCC(O)COc1ccc(COCCO)cc1.O=CO. The normalized spacial score (nSPS) is 11.5. The van der Waals surface area contributed by atoms with Crippen molar-refractivity contribution in [2.24, 2.45) is 0 Å². The van der Waals surface area contributed by atoms with Gasteiger partial charge in [0.05, 0.1) is 19.8 Å². The number of carboxylic acid groups (broad SMARTS) is 1. The van der Waals surface area contributed by atoms with Crippen LogP contribution in [0.15, 0.2) is 24.3 Å². The number of ether oxygens (including phenoxy) is 2. The highest BCUT2D eigenvalue weighted by molar-refractivity contribution is 5.32. The van der Waals surface area contributed by atoms with E-state index in [4.69, 9.17) is 24.5 Å². The summed E-state index contributed by atoms with van der Waals surface area (Å²) in [4.78, 5) is 8.36. The fourth-order valence-corrected chi connectivity index (χ4v) is 1.56. The van der Waals surface area contributed by atoms with Crippen LogP contribution in [0, 0.1) is 0 Å². The molecule has 7 heteroatoms. The zero-order chi connectivity index (χ0) is 17.5. The summed E-state index contributed by atoms with van der Waals surface area (Å²) in [6.07, 6.45) is -0.523. The summed E-state index contributed by atoms with van der Waals surface area (Å²) in [7, 11) is 0. The molecule has 0 aliphatic carbocycles. The highest BCUT2D eigenvalue weighted by atomic mass is 16.5. The molecule has 132 valence electrons. The molecule has 0 aliphatic rings. The Morgan fingerprint density at radius 1 is 1.26 bits per heavy atom. The van der Waals surface area contributed by atoms with E-state index in [1.54, 1.807) is 0 Å². The predicted octanol–water partition coefficient (Wildman–Crippen LogP) is 0.634. The van der Waals surface area contributed by atoms with Crippen molar-refractivity contribution in [2.45, 2.75) is 32.6 Å². The van der Waals surface area contributed by atoms with Crippen LogP contribution in [0.2, 0.25) is 0 Å². The van der Waals surface area contributed by atoms with Gasteiger partial charge in [-0.1, -0.05) is 26.0 Å². The Morgan fingerprint density at radius 3 is 2.39 bits per heavy atom. The quantitative estimate of drug-likeness (QED) is 0.368. The van der Waals surface area contributed by atoms with Gasteiger partial charge >= 0.3 is 0 Å². The molecule has 0 aromatic heterocycles. The third-order valence-electron chi connectivity index (χ3n) is 2.63. The molecule has 0 aliphatic heterocycles. The molecule has 0 bridgehead atoms. The maximum atomic E-state index is 9.73. The van der Waals surface area contributed by atoms with E-state index in [1.807, 2.05) is 38.1 Å². The summed E-state index contributed by atoms with van der Waals surface area (Å²) in [6, 6.07) is 7.86. The van der Waals surface area contributed by atoms with Gasteiger partial charge < -0.3 is 30.1 Å². The van der Waals surface area contributed by atoms with Gasteiger partial charge in [-0.2, -0.15) is 0 Å². The van der Waals surface area contributed by atoms with Crippen LogP contribution in [-0.4, -0.2) is 60.3 Å². The molecule has 0 heterocycles. The number of nitrogens with one attached hydrogen (secondary N) is 1. The summed E-state index contributed by atoms with van der Waals surface area (Å²) in [6.45, 7) is 5.44. The highest BCUT2D eigenvalue weighted by Crippen LogP contribution is 2.13. The van der Waals surface area contributed by atoms with Crippen molar-refractivity contribution < 1.29 is 29.6 Å². The van der Waals surface area contributed by atoms with Gasteiger partial charge in [0, 0.05) is 12.6 Å². The van der Waals surface area contributed by atoms with E-state index in [1.165, 1.54) is 0 Å². The maximum Gasteiger partial charge on any atom is 0.290 e. The van der Waals surface area contributed by atoms with Gasteiger partial charge in [0.2, 0.25) is 0 Å². The van der Waals surface area contributed by atoms with Crippen LogP contribution in [0.5, 0.6) is 5.75 Å². The van der Waals surface area contributed by atoms with Crippen LogP contribution in [0.4, 0.5) is 0 Å². The summed E-state index contributed by atoms with van der Waals surface area (Å²) >= 11 is 0. The van der Waals surface area contributed by atoms with Crippen molar-refractivity contribution in [3.05, 3.63) is 29.8 Å². The first-order chi connectivity index (χ1) is 11.0. The molecule has 1 atom stereocenters. The molecule has 4 N–H and O–H groups in total. The van der Waals surface area contributed by atoms with Crippen LogP contribution < -0.4 is 10.1 Å². The Morgan fingerprint density at radius 2 is 1.87 bits per heavy atom. The van der Waals surface area contributed by atoms with Crippen molar-refractivity contribution in [3.8, 4) is 5.75 Å². The maximum absolute atomic E-state index is 9.73. The first-order valence-corrected chi connectivity index (χ1v) is 7.43. The van der Waals surface area contributed by atoms with Crippen LogP contribution in [-0.2, 0) is 16.1 Å². The van der Waals surface area contributed by atoms with Gasteiger partial charge in [-0.05, 0) is 17.7 Å². The molecule has 1 rings (SSSR count). The van der Waals surface area contributed by atoms with Crippen LogP contribution in [0.1, 0.15) is 19.4 Å². The molecule has 1 aromatic carbocycles. The minimum Gasteiger partial charge on any atom is -0.491 e. The van der Waals surface area contributed by atoms with E-state index in [9.17, 15) is 5.11 Å². The van der Waals surface area contributed by atoms with E-state index in [0.29, 0.717) is 25.8 Å². The number of hydrogen-bond acceptors (Lipinski definition) is 6. The van der Waals surface area contributed by atoms with Crippen molar-refractivity contribution in [1.82, 2.24) is 5.32 Å². The topological polar surface area (TPSA) is 108 Å². The van der Waals surface area contributed by atoms with Crippen molar-refractivity contribution in [1.29, 1.82) is 0 Å². The number of benzene rings is 1. The van der Waals surface area contributed by atoms with Gasteiger partial charge in [0.1, 0.15) is 18.5 Å². The molecular formula is C16H27NO6. The molecular weight excluding hydrogens is 302 g/mol. The van der Waals surface area contributed by atoms with Crippen molar-refractivity contribution >= 4 is 6.47 Å². The lowest BCUT2D eigenvalue weighted by Crippen LogP contribution is -2.35. The number of hydrogen-bond donors (Lipinski definition) is 4. The summed E-state index contributed by atoms with van der Waals surface area (Å²) in [5, 5.41) is 28.4. The van der Waals surface area contributed by atoms with Gasteiger partial charge in [-0.3, -0.25) is 4.79 Å². The summed E-state index contributed by atoms with van der Waals surface area (Å²) in [5.74, 6) is 0.722. The smallest absolute Gasteiger partial charge is 0.290 e. The number of carbonyl (C=O) groups is 1. The molecule has 0 fully saturated rings. The Hall–Kier alpha value is -1.67. The van der Waals surface area contributed by atoms with Gasteiger partial charge in [0.15, 0.2) is 0 Å². The molecule has 0 saturated carbocycles. The van der Waals surface area contributed by atoms with E-state index >= 15 is 0 Å². The Labute approximate surface area is 136 Å². The highest BCUT2D eigenvalue weighted by Gasteiger charge is 2.06. The zero-order valence-corrected chi connectivity index (χ0v) is 13.6. The fourth-order valence-electron chi connectivity index (χ4n) is 1.56. The summed E-state index contributed by atoms with van der Waals surface area (Å²) in [5.41, 5.74) is 1.02. The van der Waals surface area contributed by atoms with E-state index < -0.39 is 6.10 Å². The first-order valence-electron chi connectivity index (χ1n) is 7.43. The minimum absolute atomic E-state index is 0.0312. The second-order valence-corrected chi connectivity index (χ2v) is 5.05. The predicted molar refractivity (Wildman–Crippen MR) is 86.5 cm³/mol. The third-order valence-corrected chi connectivity index (χ3v) is 2.63. The van der Waals surface area contributed by atoms with Crippen LogP contribution in [0.3, 0.4) is 0 Å². The molecule has 1 unspecified atom stereocenters. The van der Waals surface area contributed by atoms with Gasteiger partial charge in [-0.15, -0.1) is 0 Å². The number of aliphatic hydroxyl groups excluding tert-OH is 2. The average Bonchev–Trinajstić information content (AvgIpc) is 2.53. The van der Waals surface area contributed by atoms with Gasteiger partial charge in [0.25, 0.3) is 6.47 Å². The molecule has 0 amide bonds. The average molecular weight is 329 g/mol. The summed E-state index contributed by atoms with van der Waals surface area (Å²) < 4.78 is 10.7. The Bertz CT molecular complexity index is 396. The fraction of sp³-hybridized carbons (Fsp3) is 0.562. The number of aliphatic hydroxyl groups is 2. The molecule has 0 radical (unpaired) electrons. The van der Waals surface area contributed by atoms with Crippen LogP contribution in [0.25, 0.3) is 0 Å². The zero-order valence-electron chi connectivity index (χ0n) is 13.6. The van der Waals surface area contributed by atoms with Crippen LogP contribution >= 0.6 is 0 Å². The lowest BCUT2D eigenvalue weighted by Gasteiger charge is -2.15. The second-order valence-electron chi connectivity index (χ2n) is 5.05. The van der Waals surface area contributed by atoms with Crippen molar-refractivity contribution in [3.63, 3.8) is 0 Å². The standard InChI is InChI=1S/C15H25NO4.CH2O2/c1-12(2)16-9-14(18)11-20-15-5-3-13(4-6-15)10-19-8-7-17;2-1-3/h3-6,12,14,16-18H,7-11H2,1-2H3;1H,(H,2,3). The number of rotatable bonds is 10. The monoisotopic (exact) mass is 329 g/mol. The molecule has 23 heavy (non-hydrogen) atoms. The third kappa shape index (κ3) is 12.5. The van der Waals surface area contributed by atoms with E-state index in [2.05, 4.69) is 5.32 Å². The minimum atomic E-state index is -0.523. The molecule has 0 saturated heterocycles. The lowest BCUT2D eigenvalue weighted by atomic mass is 10.2. The van der Waals surface area contributed by atoms with E-state index in [0.717, 1.165) is 11.3 Å². The lowest BCUT2D eigenvalue weighted by molar-refractivity contribution is -0.122. The molecule has 0 spiro atoms. The molecule has 7 nitrogen and oxygen atoms in total. The Balaban J connectivity index is 0.00000149. The van der Waals surface area contributed by atoms with Crippen molar-refractivity contribution in [2.75, 3.05) is 26.4 Å². The molecule has 1 aromatic rings. The Kier molecular flexibility index (Phi) is 12.9.